The van der Waals surface area contributed by atoms with E-state index in [0.29, 0.717) is 18.1 Å². The second kappa shape index (κ2) is 8.35. The summed E-state index contributed by atoms with van der Waals surface area (Å²) in [5.74, 6) is 2.77. The molecule has 0 spiro atoms. The van der Waals surface area contributed by atoms with E-state index in [1.54, 1.807) is 13.3 Å². The number of nitrogens with one attached hydrogen (secondary N) is 2. The van der Waals surface area contributed by atoms with Crippen molar-refractivity contribution in [1.29, 1.82) is 0 Å². The van der Waals surface area contributed by atoms with Crippen molar-refractivity contribution >= 4 is 23.2 Å². The van der Waals surface area contributed by atoms with Crippen molar-refractivity contribution in [1.82, 2.24) is 25.4 Å². The van der Waals surface area contributed by atoms with Gasteiger partial charge >= 0.3 is 0 Å². The third-order valence-corrected chi connectivity index (χ3v) is 4.89. The van der Waals surface area contributed by atoms with Gasteiger partial charge in [0.2, 0.25) is 5.82 Å². The van der Waals surface area contributed by atoms with Crippen molar-refractivity contribution in [2.45, 2.75) is 6.54 Å². The van der Waals surface area contributed by atoms with Gasteiger partial charge in [-0.1, -0.05) is 17.7 Å². The Morgan fingerprint density at radius 1 is 1.25 bits per heavy atom. The molecule has 146 valence electrons. The summed E-state index contributed by atoms with van der Waals surface area (Å²) in [5, 5.41) is 11.2. The van der Waals surface area contributed by atoms with E-state index in [9.17, 15) is 0 Å². The molecule has 0 unspecified atom stereocenters. The van der Waals surface area contributed by atoms with Gasteiger partial charge in [-0.2, -0.15) is 0 Å². The van der Waals surface area contributed by atoms with Crippen molar-refractivity contribution < 1.29 is 4.42 Å². The molecular formula is C19H22ClN7O. The lowest BCUT2D eigenvalue weighted by atomic mass is 10.2. The molecule has 0 aliphatic carbocycles. The molecule has 1 aliphatic rings. The van der Waals surface area contributed by atoms with Crippen LogP contribution in [0.5, 0.6) is 0 Å². The average Bonchev–Trinajstić information content (AvgIpc) is 3.41. The number of aliphatic imine (C=N–C) groups is 1. The number of anilines is 1. The van der Waals surface area contributed by atoms with Gasteiger partial charge in [-0.25, -0.2) is 4.98 Å². The van der Waals surface area contributed by atoms with Crippen molar-refractivity contribution in [3.8, 4) is 11.6 Å². The first-order valence-electron chi connectivity index (χ1n) is 9.14. The highest BCUT2D eigenvalue weighted by molar-refractivity contribution is 6.30. The highest BCUT2D eigenvalue weighted by Gasteiger charge is 2.20. The molecule has 1 aromatic carbocycles. The maximum Gasteiger partial charge on any atom is 0.216 e. The summed E-state index contributed by atoms with van der Waals surface area (Å²) in [6, 6.07) is 11.6. The molecule has 9 heteroatoms. The lowest BCUT2D eigenvalue weighted by Crippen LogP contribution is -2.52. The van der Waals surface area contributed by atoms with E-state index in [4.69, 9.17) is 16.0 Å². The number of rotatable bonds is 4. The summed E-state index contributed by atoms with van der Waals surface area (Å²) in [6.07, 6.45) is 1.61. The normalized spacial score (nSPS) is 15.1. The Bertz CT molecular complexity index is 929. The lowest BCUT2D eigenvalue weighted by molar-refractivity contribution is 0.372. The fourth-order valence-electron chi connectivity index (χ4n) is 3.23. The zero-order valence-corrected chi connectivity index (χ0v) is 16.4. The number of H-pyrrole nitrogens is 1. The molecule has 0 atom stereocenters. The smallest absolute Gasteiger partial charge is 0.216 e. The van der Waals surface area contributed by atoms with Gasteiger partial charge in [-0.15, -0.1) is 5.10 Å². The molecule has 1 saturated heterocycles. The minimum atomic E-state index is 0.509. The van der Waals surface area contributed by atoms with Crippen molar-refractivity contribution in [2.75, 3.05) is 38.1 Å². The molecule has 1 fully saturated rings. The van der Waals surface area contributed by atoms with Crippen LogP contribution in [0.15, 0.2) is 52.1 Å². The van der Waals surface area contributed by atoms with Gasteiger partial charge < -0.3 is 19.5 Å². The molecular weight excluding hydrogens is 378 g/mol. The van der Waals surface area contributed by atoms with Gasteiger partial charge in [-0.05, 0) is 30.3 Å². The highest BCUT2D eigenvalue weighted by atomic mass is 35.5. The molecule has 4 rings (SSSR count). The first kappa shape index (κ1) is 18.4. The van der Waals surface area contributed by atoms with E-state index >= 15 is 0 Å². The maximum absolute atomic E-state index is 6.11. The highest BCUT2D eigenvalue weighted by Crippen LogP contribution is 2.21. The van der Waals surface area contributed by atoms with Crippen LogP contribution in [-0.2, 0) is 6.54 Å². The van der Waals surface area contributed by atoms with E-state index < -0.39 is 0 Å². The quantitative estimate of drug-likeness (QED) is 0.518. The molecule has 0 bridgehead atoms. The predicted octanol–water partition coefficient (Wildman–Crippen LogP) is 2.62. The standard InChI is InChI=1S/C19H22ClN7O/c1-21-19(22-13-17-23-18(25-24-17)16-6-3-11-28-16)27-9-7-26(8-10-27)15-5-2-4-14(20)12-15/h2-6,11-12H,7-10,13H2,1H3,(H,21,22)(H,23,24,25). The first-order valence-corrected chi connectivity index (χ1v) is 9.52. The molecule has 2 N–H and O–H groups in total. The molecule has 3 heterocycles. The van der Waals surface area contributed by atoms with E-state index in [1.165, 1.54) is 0 Å². The van der Waals surface area contributed by atoms with Gasteiger partial charge in [0, 0.05) is 43.9 Å². The Kier molecular flexibility index (Phi) is 5.48. The molecule has 0 radical (unpaired) electrons. The molecule has 0 saturated carbocycles. The van der Waals surface area contributed by atoms with Crippen LogP contribution >= 0.6 is 11.6 Å². The van der Waals surface area contributed by atoms with Crippen LogP contribution in [0.4, 0.5) is 5.69 Å². The monoisotopic (exact) mass is 399 g/mol. The molecule has 2 aromatic heterocycles. The maximum atomic E-state index is 6.11. The Morgan fingerprint density at radius 2 is 2.11 bits per heavy atom. The number of piperazine rings is 1. The van der Waals surface area contributed by atoms with E-state index in [2.05, 4.69) is 41.4 Å². The fourth-order valence-corrected chi connectivity index (χ4v) is 3.42. The number of halogens is 1. The van der Waals surface area contributed by atoms with Crippen LogP contribution in [0.3, 0.4) is 0 Å². The third kappa shape index (κ3) is 4.12. The van der Waals surface area contributed by atoms with Gasteiger partial charge in [0.05, 0.1) is 12.8 Å². The number of furan rings is 1. The average molecular weight is 400 g/mol. The number of hydrogen-bond donors (Lipinski definition) is 2. The summed E-state index contributed by atoms with van der Waals surface area (Å²) in [7, 11) is 1.79. The van der Waals surface area contributed by atoms with Crippen LogP contribution in [0.2, 0.25) is 5.02 Å². The van der Waals surface area contributed by atoms with Crippen molar-refractivity contribution in [2.24, 2.45) is 4.99 Å². The van der Waals surface area contributed by atoms with Crippen molar-refractivity contribution in [3.63, 3.8) is 0 Å². The number of aromatic nitrogens is 3. The van der Waals surface area contributed by atoms with Gasteiger partial charge in [0.25, 0.3) is 0 Å². The molecule has 8 nitrogen and oxygen atoms in total. The predicted molar refractivity (Wildman–Crippen MR) is 110 cm³/mol. The van der Waals surface area contributed by atoms with Crippen LogP contribution in [0.25, 0.3) is 11.6 Å². The lowest BCUT2D eigenvalue weighted by Gasteiger charge is -2.37. The Balaban J connectivity index is 1.32. The fraction of sp³-hybridized carbons (Fsp3) is 0.316. The topological polar surface area (TPSA) is 85.6 Å². The molecule has 28 heavy (non-hydrogen) atoms. The summed E-state index contributed by atoms with van der Waals surface area (Å²) < 4.78 is 5.32. The van der Waals surface area contributed by atoms with Crippen LogP contribution in [-0.4, -0.2) is 59.3 Å². The second-order valence-electron chi connectivity index (χ2n) is 6.44. The summed E-state index contributed by atoms with van der Waals surface area (Å²) in [6.45, 7) is 4.08. The minimum Gasteiger partial charge on any atom is -0.461 e. The van der Waals surface area contributed by atoms with Gasteiger partial charge in [0.1, 0.15) is 5.82 Å². The minimum absolute atomic E-state index is 0.509. The Hall–Kier alpha value is -3.00. The third-order valence-electron chi connectivity index (χ3n) is 4.65. The summed E-state index contributed by atoms with van der Waals surface area (Å²) in [4.78, 5) is 13.4. The van der Waals surface area contributed by atoms with Crippen molar-refractivity contribution in [3.05, 3.63) is 53.5 Å². The molecule has 3 aromatic rings. The first-order chi connectivity index (χ1) is 13.7. The molecule has 1 aliphatic heterocycles. The van der Waals surface area contributed by atoms with Crippen LogP contribution in [0.1, 0.15) is 5.82 Å². The van der Waals surface area contributed by atoms with E-state index in [0.717, 1.165) is 48.7 Å². The van der Waals surface area contributed by atoms with Gasteiger partial charge in [-0.3, -0.25) is 10.1 Å². The number of hydrogen-bond acceptors (Lipinski definition) is 5. The number of nitrogens with zero attached hydrogens (tertiary/aromatic N) is 5. The van der Waals surface area contributed by atoms with Crippen LogP contribution < -0.4 is 10.2 Å². The summed E-state index contributed by atoms with van der Waals surface area (Å²) >= 11 is 6.11. The zero-order chi connectivity index (χ0) is 19.3. The Labute approximate surface area is 168 Å². The van der Waals surface area contributed by atoms with Crippen LogP contribution in [0, 0.1) is 0 Å². The largest absolute Gasteiger partial charge is 0.461 e. The SMILES string of the molecule is CN=C(NCc1nc(-c2ccco2)n[nH]1)N1CCN(c2cccc(Cl)c2)CC1. The second-order valence-corrected chi connectivity index (χ2v) is 6.87. The van der Waals surface area contributed by atoms with E-state index in [1.807, 2.05) is 30.3 Å². The molecule has 0 amide bonds. The summed E-state index contributed by atoms with van der Waals surface area (Å²) in [5.41, 5.74) is 1.15. The number of aromatic amines is 1. The van der Waals surface area contributed by atoms with Gasteiger partial charge in [0.15, 0.2) is 11.7 Å². The zero-order valence-electron chi connectivity index (χ0n) is 15.6. The number of benzene rings is 1. The van der Waals surface area contributed by atoms with E-state index in [-0.39, 0.29) is 0 Å². The number of guanidine groups is 1. The Morgan fingerprint density at radius 3 is 2.82 bits per heavy atom.